The summed E-state index contributed by atoms with van der Waals surface area (Å²) in [7, 11) is 3.09. The number of aromatic amines is 1. The van der Waals surface area contributed by atoms with E-state index >= 15 is 0 Å². The van der Waals surface area contributed by atoms with E-state index in [-0.39, 0.29) is 30.1 Å². The van der Waals surface area contributed by atoms with E-state index < -0.39 is 23.2 Å². The van der Waals surface area contributed by atoms with Gasteiger partial charge in [0, 0.05) is 33.6 Å². The van der Waals surface area contributed by atoms with E-state index in [2.05, 4.69) is 10.1 Å². The molecule has 2 N–H and O–H groups in total. The van der Waals surface area contributed by atoms with Crippen molar-refractivity contribution in [3.05, 3.63) is 56.2 Å². The van der Waals surface area contributed by atoms with Crippen molar-refractivity contribution >= 4 is 11.6 Å². The summed E-state index contributed by atoms with van der Waals surface area (Å²) in [6.07, 6.45) is 0.675. The van der Waals surface area contributed by atoms with Crippen molar-refractivity contribution in [1.29, 1.82) is 0 Å². The van der Waals surface area contributed by atoms with Gasteiger partial charge in [-0.3, -0.25) is 19.1 Å². The van der Waals surface area contributed by atoms with Crippen LogP contribution in [-0.4, -0.2) is 52.1 Å². The number of nitrogens with zero attached hydrogens (tertiary/aromatic N) is 3. The number of hydrogen-bond acceptors (Lipinski definition) is 7. The summed E-state index contributed by atoms with van der Waals surface area (Å²) in [6, 6.07) is 6.72. The molecule has 10 nitrogen and oxygen atoms in total. The quantitative estimate of drug-likeness (QED) is 0.648. The number of rotatable bonds is 7. The highest BCUT2D eigenvalue weighted by Gasteiger charge is 2.34. The highest BCUT2D eigenvalue weighted by molar-refractivity contribution is 6.04. The van der Waals surface area contributed by atoms with Gasteiger partial charge in [0.1, 0.15) is 11.3 Å². The summed E-state index contributed by atoms with van der Waals surface area (Å²) in [5.41, 5.74) is -0.558. The standard InChI is InChI=1S/C20H24N4O6/c1-12(25)24-16(13-5-7-14(30-3)8-6-13)11-15(22-24)17-18(26)21-20(28)23(19(17)27)9-4-10-29-2/h5-8,16,27H,4,9-11H2,1-3H3,(H,21,26,28)/t16-/m1/s1. The normalized spacial score (nSPS) is 15.9. The molecule has 3 rings (SSSR count). The molecule has 0 bridgehead atoms. The third kappa shape index (κ3) is 4.13. The van der Waals surface area contributed by atoms with Crippen molar-refractivity contribution < 1.29 is 19.4 Å². The topological polar surface area (TPSA) is 126 Å². The molecular weight excluding hydrogens is 392 g/mol. The van der Waals surface area contributed by atoms with Gasteiger partial charge in [-0.05, 0) is 24.1 Å². The highest BCUT2D eigenvalue weighted by Crippen LogP contribution is 2.34. The van der Waals surface area contributed by atoms with Crippen LogP contribution in [0, 0.1) is 0 Å². The number of carbonyl (C=O) groups excluding carboxylic acids is 1. The molecule has 2 aromatic rings. The fourth-order valence-corrected chi connectivity index (χ4v) is 3.43. The van der Waals surface area contributed by atoms with Crippen molar-refractivity contribution in [3.8, 4) is 11.6 Å². The van der Waals surface area contributed by atoms with Crippen LogP contribution in [0.1, 0.15) is 36.9 Å². The van der Waals surface area contributed by atoms with E-state index in [0.29, 0.717) is 18.8 Å². The van der Waals surface area contributed by atoms with Gasteiger partial charge in [0.2, 0.25) is 11.8 Å². The zero-order chi connectivity index (χ0) is 21.8. The lowest BCUT2D eigenvalue weighted by Gasteiger charge is -2.20. The third-order valence-electron chi connectivity index (χ3n) is 4.92. The maximum absolute atomic E-state index is 12.5. The predicted molar refractivity (Wildman–Crippen MR) is 109 cm³/mol. The molecule has 1 aromatic heterocycles. The maximum atomic E-state index is 12.5. The molecular formula is C20H24N4O6. The van der Waals surface area contributed by atoms with E-state index in [1.165, 1.54) is 19.0 Å². The Morgan fingerprint density at radius 2 is 1.97 bits per heavy atom. The Kier molecular flexibility index (Phi) is 6.36. The number of methoxy groups -OCH3 is 2. The number of ether oxygens (including phenoxy) is 2. The van der Waals surface area contributed by atoms with Gasteiger partial charge in [-0.25, -0.2) is 9.80 Å². The van der Waals surface area contributed by atoms with E-state index in [0.717, 1.165) is 10.1 Å². The van der Waals surface area contributed by atoms with Crippen molar-refractivity contribution in [3.63, 3.8) is 0 Å². The fourth-order valence-electron chi connectivity index (χ4n) is 3.43. The van der Waals surface area contributed by atoms with E-state index in [4.69, 9.17) is 9.47 Å². The summed E-state index contributed by atoms with van der Waals surface area (Å²) in [5, 5.41) is 16.2. The van der Waals surface area contributed by atoms with Gasteiger partial charge in [0.05, 0.1) is 18.9 Å². The molecule has 2 heterocycles. The van der Waals surface area contributed by atoms with Crippen LogP contribution in [0.15, 0.2) is 39.0 Å². The Morgan fingerprint density at radius 1 is 1.27 bits per heavy atom. The second kappa shape index (κ2) is 8.95. The van der Waals surface area contributed by atoms with E-state index in [9.17, 15) is 19.5 Å². The minimum absolute atomic E-state index is 0.116. The lowest BCUT2D eigenvalue weighted by atomic mass is 9.99. The Balaban J connectivity index is 2.00. The highest BCUT2D eigenvalue weighted by atomic mass is 16.5. The molecule has 1 aromatic carbocycles. The first-order valence-electron chi connectivity index (χ1n) is 9.44. The van der Waals surface area contributed by atoms with Crippen LogP contribution in [-0.2, 0) is 16.1 Å². The molecule has 1 aliphatic rings. The number of amides is 1. The molecule has 0 saturated carbocycles. The van der Waals surface area contributed by atoms with Gasteiger partial charge in [-0.15, -0.1) is 0 Å². The zero-order valence-electron chi connectivity index (χ0n) is 17.0. The summed E-state index contributed by atoms with van der Waals surface area (Å²) >= 11 is 0. The first kappa shape index (κ1) is 21.3. The molecule has 0 unspecified atom stereocenters. The fraction of sp³-hybridized carbons (Fsp3) is 0.400. The number of nitrogens with one attached hydrogen (secondary N) is 1. The Bertz CT molecular complexity index is 1070. The molecule has 1 atom stereocenters. The largest absolute Gasteiger partial charge is 0.497 e. The maximum Gasteiger partial charge on any atom is 0.331 e. The van der Waals surface area contributed by atoms with Gasteiger partial charge < -0.3 is 14.6 Å². The minimum atomic E-state index is -0.752. The van der Waals surface area contributed by atoms with Crippen LogP contribution in [0.4, 0.5) is 0 Å². The smallest absolute Gasteiger partial charge is 0.331 e. The van der Waals surface area contributed by atoms with Gasteiger partial charge in [0.25, 0.3) is 5.56 Å². The molecule has 0 fully saturated rings. The number of aromatic nitrogens is 2. The van der Waals surface area contributed by atoms with E-state index in [1.54, 1.807) is 19.2 Å². The molecule has 1 aliphatic heterocycles. The van der Waals surface area contributed by atoms with Crippen molar-refractivity contribution in [2.75, 3.05) is 20.8 Å². The van der Waals surface area contributed by atoms with Crippen LogP contribution < -0.4 is 16.0 Å². The molecule has 30 heavy (non-hydrogen) atoms. The summed E-state index contributed by atoms with van der Waals surface area (Å²) in [5.74, 6) is -0.114. The van der Waals surface area contributed by atoms with Gasteiger partial charge >= 0.3 is 5.69 Å². The molecule has 160 valence electrons. The van der Waals surface area contributed by atoms with Crippen LogP contribution >= 0.6 is 0 Å². The first-order chi connectivity index (χ1) is 14.4. The summed E-state index contributed by atoms with van der Waals surface area (Å²) < 4.78 is 11.2. The average Bonchev–Trinajstić information content (AvgIpc) is 3.15. The second-order valence-electron chi connectivity index (χ2n) is 6.86. The van der Waals surface area contributed by atoms with Crippen LogP contribution in [0.2, 0.25) is 0 Å². The number of aromatic hydroxyl groups is 1. The SMILES string of the molecule is COCCCn1c(O)c(C2=NN(C(C)=O)[C@@H](c3ccc(OC)cc3)C2)c(=O)[nH]c1=O. The average molecular weight is 416 g/mol. The van der Waals surface area contributed by atoms with Crippen molar-refractivity contribution in [1.82, 2.24) is 14.6 Å². The number of H-pyrrole nitrogens is 1. The number of carbonyl (C=O) groups is 1. The van der Waals surface area contributed by atoms with E-state index in [1.807, 2.05) is 12.1 Å². The summed E-state index contributed by atoms with van der Waals surface area (Å²) in [6.45, 7) is 1.92. The zero-order valence-corrected chi connectivity index (χ0v) is 17.0. The molecule has 0 radical (unpaired) electrons. The Morgan fingerprint density at radius 3 is 2.57 bits per heavy atom. The van der Waals surface area contributed by atoms with Gasteiger partial charge in [-0.2, -0.15) is 5.10 Å². The predicted octanol–water partition coefficient (Wildman–Crippen LogP) is 0.985. The molecule has 0 saturated heterocycles. The van der Waals surface area contributed by atoms with Crippen molar-refractivity contribution in [2.24, 2.45) is 5.10 Å². The van der Waals surface area contributed by atoms with Crippen LogP contribution in [0.5, 0.6) is 11.6 Å². The molecule has 10 heteroatoms. The monoisotopic (exact) mass is 416 g/mol. The lowest BCUT2D eigenvalue weighted by Crippen LogP contribution is -2.34. The Labute approximate surface area is 172 Å². The summed E-state index contributed by atoms with van der Waals surface area (Å²) in [4.78, 5) is 39.0. The van der Waals surface area contributed by atoms with Crippen molar-refractivity contribution in [2.45, 2.75) is 32.4 Å². The minimum Gasteiger partial charge on any atom is -0.497 e. The van der Waals surface area contributed by atoms with Crippen LogP contribution in [0.25, 0.3) is 0 Å². The molecule has 0 aliphatic carbocycles. The lowest BCUT2D eigenvalue weighted by molar-refractivity contribution is -0.130. The van der Waals surface area contributed by atoms with Crippen LogP contribution in [0.3, 0.4) is 0 Å². The number of benzene rings is 1. The molecule has 1 amide bonds. The van der Waals surface area contributed by atoms with Gasteiger partial charge in [-0.1, -0.05) is 12.1 Å². The molecule has 0 spiro atoms. The third-order valence-corrected chi connectivity index (χ3v) is 4.92. The Hall–Kier alpha value is -3.40. The van der Waals surface area contributed by atoms with Gasteiger partial charge in [0.15, 0.2) is 0 Å². The number of hydrazone groups is 1. The number of hydrogen-bond donors (Lipinski definition) is 2. The second-order valence-corrected chi connectivity index (χ2v) is 6.86. The first-order valence-corrected chi connectivity index (χ1v) is 9.44.